The second-order valence-corrected chi connectivity index (χ2v) is 4.76. The Labute approximate surface area is 96.6 Å². The third kappa shape index (κ3) is 3.02. The molecule has 1 heterocycles. The van der Waals surface area contributed by atoms with Gasteiger partial charge in [0.25, 0.3) is 0 Å². The highest BCUT2D eigenvalue weighted by atomic mass is 15.4. The lowest BCUT2D eigenvalue weighted by Crippen LogP contribution is -2.29. The molecule has 0 aliphatic heterocycles. The van der Waals surface area contributed by atoms with Crippen molar-refractivity contribution in [3.63, 3.8) is 0 Å². The molecule has 0 amide bonds. The summed E-state index contributed by atoms with van der Waals surface area (Å²) in [4.78, 5) is 2.33. The molecule has 1 aromatic heterocycles. The van der Waals surface area contributed by atoms with Crippen LogP contribution in [0.2, 0.25) is 0 Å². The second-order valence-electron chi connectivity index (χ2n) is 4.76. The minimum absolute atomic E-state index is 0.612. The fourth-order valence-corrected chi connectivity index (χ4v) is 2.11. The van der Waals surface area contributed by atoms with Gasteiger partial charge in [-0.25, -0.2) is 0 Å². The molecule has 5 heteroatoms. The number of nitrogens with two attached hydrogens (primary N) is 1. The Kier molecular flexibility index (Phi) is 3.90. The van der Waals surface area contributed by atoms with Crippen molar-refractivity contribution in [1.82, 2.24) is 19.9 Å². The summed E-state index contributed by atoms with van der Waals surface area (Å²) in [5.74, 6) is 0.907. The molecule has 5 nitrogen and oxygen atoms in total. The Morgan fingerprint density at radius 3 is 3.00 bits per heavy atom. The van der Waals surface area contributed by atoms with Gasteiger partial charge in [-0.05, 0) is 25.8 Å². The predicted molar refractivity (Wildman–Crippen MR) is 62.8 cm³/mol. The summed E-state index contributed by atoms with van der Waals surface area (Å²) in [6.07, 6.45) is 6.18. The van der Waals surface area contributed by atoms with Crippen LogP contribution in [0.15, 0.2) is 6.20 Å². The highest BCUT2D eigenvalue weighted by Crippen LogP contribution is 2.26. The van der Waals surface area contributed by atoms with Gasteiger partial charge < -0.3 is 10.6 Å². The molecule has 90 valence electrons. The highest BCUT2D eigenvalue weighted by Gasteiger charge is 2.19. The highest BCUT2D eigenvalue weighted by molar-refractivity contribution is 4.92. The second kappa shape index (κ2) is 5.41. The number of aromatic nitrogens is 3. The molecule has 0 spiro atoms. The Bertz CT molecular complexity index is 318. The van der Waals surface area contributed by atoms with Crippen LogP contribution in [0.1, 0.15) is 25.0 Å². The number of hydrogen-bond acceptors (Lipinski definition) is 4. The summed E-state index contributed by atoms with van der Waals surface area (Å²) < 4.78 is 1.81. The molecule has 1 fully saturated rings. The van der Waals surface area contributed by atoms with Gasteiger partial charge in [-0.1, -0.05) is 11.6 Å². The lowest BCUT2D eigenvalue weighted by atomic mass is 9.85. The van der Waals surface area contributed by atoms with Crippen LogP contribution in [0.4, 0.5) is 0 Å². The molecule has 0 atom stereocenters. The van der Waals surface area contributed by atoms with Crippen molar-refractivity contribution in [3.8, 4) is 0 Å². The molecular weight excluding hydrogens is 202 g/mol. The summed E-state index contributed by atoms with van der Waals surface area (Å²) in [5, 5.41) is 8.17. The SMILES string of the molecule is CN(Cc1cn(CCN)nn1)CC1CCC1. The van der Waals surface area contributed by atoms with Gasteiger partial charge in [-0.2, -0.15) is 0 Å². The van der Waals surface area contributed by atoms with Crippen LogP contribution in [-0.4, -0.2) is 40.0 Å². The minimum atomic E-state index is 0.612. The van der Waals surface area contributed by atoms with E-state index >= 15 is 0 Å². The average Bonchev–Trinajstić information content (AvgIpc) is 2.60. The first kappa shape index (κ1) is 11.5. The molecule has 1 saturated carbocycles. The Hall–Kier alpha value is -0.940. The van der Waals surface area contributed by atoms with Crippen molar-refractivity contribution in [2.24, 2.45) is 11.7 Å². The standard InChI is InChI=1S/C11H21N5/c1-15(7-10-3-2-4-10)8-11-9-16(6-5-12)14-13-11/h9-10H,2-8,12H2,1H3. The van der Waals surface area contributed by atoms with Gasteiger partial charge in [0.15, 0.2) is 0 Å². The lowest BCUT2D eigenvalue weighted by molar-refractivity contribution is 0.199. The number of nitrogens with zero attached hydrogens (tertiary/aromatic N) is 4. The van der Waals surface area contributed by atoms with Crippen LogP contribution < -0.4 is 5.73 Å². The molecule has 2 rings (SSSR count). The maximum Gasteiger partial charge on any atom is 0.0967 e. The average molecular weight is 223 g/mol. The van der Waals surface area contributed by atoms with E-state index in [1.165, 1.54) is 25.8 Å². The van der Waals surface area contributed by atoms with E-state index in [1.807, 2.05) is 10.9 Å². The Morgan fingerprint density at radius 1 is 1.56 bits per heavy atom. The fourth-order valence-electron chi connectivity index (χ4n) is 2.11. The number of rotatable bonds is 6. The minimum Gasteiger partial charge on any atom is -0.329 e. The van der Waals surface area contributed by atoms with Crippen molar-refractivity contribution < 1.29 is 0 Å². The summed E-state index contributed by atoms with van der Waals surface area (Å²) in [5.41, 5.74) is 6.50. The van der Waals surface area contributed by atoms with Gasteiger partial charge in [0.1, 0.15) is 0 Å². The quantitative estimate of drug-likeness (QED) is 0.761. The largest absolute Gasteiger partial charge is 0.329 e. The Morgan fingerprint density at radius 2 is 2.38 bits per heavy atom. The van der Waals surface area contributed by atoms with Crippen molar-refractivity contribution in [2.75, 3.05) is 20.1 Å². The van der Waals surface area contributed by atoms with E-state index in [9.17, 15) is 0 Å². The molecule has 0 saturated heterocycles. The van der Waals surface area contributed by atoms with E-state index in [0.717, 1.165) is 24.7 Å². The van der Waals surface area contributed by atoms with Crippen molar-refractivity contribution >= 4 is 0 Å². The molecular formula is C11H21N5. The van der Waals surface area contributed by atoms with Gasteiger partial charge in [0.05, 0.1) is 12.2 Å². The molecule has 1 aromatic rings. The molecule has 0 radical (unpaired) electrons. The maximum absolute atomic E-state index is 5.46. The summed E-state index contributed by atoms with van der Waals surface area (Å²) in [6.45, 7) is 3.44. The smallest absolute Gasteiger partial charge is 0.0967 e. The van der Waals surface area contributed by atoms with Gasteiger partial charge in [0.2, 0.25) is 0 Å². The maximum atomic E-state index is 5.46. The number of hydrogen-bond donors (Lipinski definition) is 1. The molecule has 1 aliphatic carbocycles. The lowest BCUT2D eigenvalue weighted by Gasteiger charge is -2.29. The first-order valence-electron chi connectivity index (χ1n) is 6.05. The van der Waals surface area contributed by atoms with Gasteiger partial charge in [0, 0.05) is 25.8 Å². The van der Waals surface area contributed by atoms with Crippen LogP contribution in [0.3, 0.4) is 0 Å². The van der Waals surface area contributed by atoms with Crippen molar-refractivity contribution in [2.45, 2.75) is 32.4 Å². The first-order valence-corrected chi connectivity index (χ1v) is 6.05. The van der Waals surface area contributed by atoms with Gasteiger partial charge in [-0.3, -0.25) is 4.68 Å². The van der Waals surface area contributed by atoms with Gasteiger partial charge in [-0.15, -0.1) is 5.10 Å². The molecule has 2 N–H and O–H groups in total. The third-order valence-electron chi connectivity index (χ3n) is 3.17. The first-order chi connectivity index (χ1) is 7.78. The van der Waals surface area contributed by atoms with E-state index < -0.39 is 0 Å². The normalized spacial score (nSPS) is 16.7. The summed E-state index contributed by atoms with van der Waals surface area (Å²) in [6, 6.07) is 0. The van der Waals surface area contributed by atoms with E-state index in [0.29, 0.717) is 6.54 Å². The topological polar surface area (TPSA) is 60.0 Å². The van der Waals surface area contributed by atoms with Crippen LogP contribution in [0, 0.1) is 5.92 Å². The van der Waals surface area contributed by atoms with E-state index in [2.05, 4.69) is 22.3 Å². The van der Waals surface area contributed by atoms with Crippen LogP contribution in [0.25, 0.3) is 0 Å². The van der Waals surface area contributed by atoms with Crippen LogP contribution in [0.5, 0.6) is 0 Å². The third-order valence-corrected chi connectivity index (χ3v) is 3.17. The van der Waals surface area contributed by atoms with E-state index in [-0.39, 0.29) is 0 Å². The molecule has 0 unspecified atom stereocenters. The summed E-state index contributed by atoms with van der Waals surface area (Å²) in [7, 11) is 2.15. The Balaban J connectivity index is 1.77. The molecule has 0 aromatic carbocycles. The van der Waals surface area contributed by atoms with Crippen LogP contribution in [-0.2, 0) is 13.1 Å². The van der Waals surface area contributed by atoms with E-state index in [1.54, 1.807) is 0 Å². The fraction of sp³-hybridized carbons (Fsp3) is 0.818. The molecule has 0 bridgehead atoms. The monoisotopic (exact) mass is 223 g/mol. The van der Waals surface area contributed by atoms with E-state index in [4.69, 9.17) is 5.73 Å². The van der Waals surface area contributed by atoms with Gasteiger partial charge >= 0.3 is 0 Å². The zero-order chi connectivity index (χ0) is 11.4. The van der Waals surface area contributed by atoms with Crippen molar-refractivity contribution in [1.29, 1.82) is 0 Å². The zero-order valence-corrected chi connectivity index (χ0v) is 9.97. The summed E-state index contributed by atoms with van der Waals surface area (Å²) >= 11 is 0. The zero-order valence-electron chi connectivity index (χ0n) is 9.97. The van der Waals surface area contributed by atoms with Crippen LogP contribution >= 0.6 is 0 Å². The molecule has 16 heavy (non-hydrogen) atoms. The van der Waals surface area contributed by atoms with Crippen molar-refractivity contribution in [3.05, 3.63) is 11.9 Å². The molecule has 1 aliphatic rings. The predicted octanol–water partition coefficient (Wildman–Crippen LogP) is 0.469.